The summed E-state index contributed by atoms with van der Waals surface area (Å²) in [5.41, 5.74) is 1.88. The molecule has 1 fully saturated rings. The van der Waals surface area contributed by atoms with E-state index < -0.39 is 7.12 Å². The quantitative estimate of drug-likeness (QED) is 0.775. The Labute approximate surface area is 109 Å². The molecule has 0 aromatic heterocycles. The van der Waals surface area contributed by atoms with Gasteiger partial charge in [0, 0.05) is 5.46 Å². The summed E-state index contributed by atoms with van der Waals surface area (Å²) in [5, 5.41) is 10.2. The molecule has 0 spiro atoms. The zero-order valence-electron chi connectivity index (χ0n) is 12.0. The van der Waals surface area contributed by atoms with Crippen molar-refractivity contribution >= 4 is 12.6 Å². The van der Waals surface area contributed by atoms with Crippen LogP contribution in [0.2, 0.25) is 0 Å². The Hall–Kier alpha value is -0.995. The highest BCUT2D eigenvalue weighted by Gasteiger charge is 2.52. The summed E-state index contributed by atoms with van der Waals surface area (Å²) in [4.78, 5) is 0. The number of phenolic OH excluding ortho intramolecular Hbond substituents is 1. The number of hydrogen-bond donors (Lipinski definition) is 1. The number of phenols is 1. The second kappa shape index (κ2) is 4.00. The zero-order chi connectivity index (χ0) is 13.7. The van der Waals surface area contributed by atoms with Crippen LogP contribution in [0.1, 0.15) is 38.8 Å². The van der Waals surface area contributed by atoms with Crippen LogP contribution >= 0.6 is 0 Å². The van der Waals surface area contributed by atoms with E-state index in [9.17, 15) is 5.11 Å². The highest BCUT2D eigenvalue weighted by atomic mass is 16.7. The highest BCUT2D eigenvalue weighted by molar-refractivity contribution is 6.63. The van der Waals surface area contributed by atoms with Crippen molar-refractivity contribution in [1.29, 1.82) is 0 Å². The van der Waals surface area contributed by atoms with Gasteiger partial charge in [0.2, 0.25) is 0 Å². The molecule has 98 valence electrons. The van der Waals surface area contributed by atoms with Crippen LogP contribution in [0.25, 0.3) is 0 Å². The number of aromatic hydroxyl groups is 1. The molecular formula is C14H21BO3. The molecule has 0 unspecified atom stereocenters. The first-order valence-corrected chi connectivity index (χ1v) is 6.30. The summed E-state index contributed by atoms with van der Waals surface area (Å²) in [7, 11) is -0.506. The molecule has 2 rings (SSSR count). The van der Waals surface area contributed by atoms with E-state index in [-0.39, 0.29) is 17.0 Å². The van der Waals surface area contributed by atoms with E-state index in [0.29, 0.717) is 5.46 Å². The first kappa shape index (κ1) is 13.4. The van der Waals surface area contributed by atoms with Crippen LogP contribution in [0.4, 0.5) is 0 Å². The van der Waals surface area contributed by atoms with Crippen LogP contribution in [0, 0.1) is 13.8 Å². The van der Waals surface area contributed by atoms with E-state index in [1.54, 1.807) is 0 Å². The smallest absolute Gasteiger partial charge is 0.498 e. The molecule has 0 aliphatic carbocycles. The molecule has 4 heteroatoms. The normalized spacial score (nSPS) is 21.3. The largest absolute Gasteiger partial charge is 0.508 e. The Morgan fingerprint density at radius 1 is 1.00 bits per heavy atom. The molecule has 1 saturated heterocycles. The Balaban J connectivity index is 2.41. The Kier molecular flexibility index (Phi) is 2.99. The maximum atomic E-state index is 10.2. The molecule has 1 aromatic rings. The van der Waals surface area contributed by atoms with Gasteiger partial charge in [0.1, 0.15) is 5.75 Å². The lowest BCUT2D eigenvalue weighted by molar-refractivity contribution is 0.00578. The van der Waals surface area contributed by atoms with E-state index in [1.165, 1.54) is 0 Å². The topological polar surface area (TPSA) is 38.7 Å². The lowest BCUT2D eigenvalue weighted by atomic mass is 9.76. The fraction of sp³-hybridized carbons (Fsp3) is 0.571. The molecule has 1 aliphatic heterocycles. The Morgan fingerprint density at radius 3 is 2.00 bits per heavy atom. The lowest BCUT2D eigenvalue weighted by Gasteiger charge is -2.32. The van der Waals surface area contributed by atoms with Crippen molar-refractivity contribution < 1.29 is 14.4 Å². The van der Waals surface area contributed by atoms with Crippen LogP contribution in [0.5, 0.6) is 5.75 Å². The molecule has 3 nitrogen and oxygen atoms in total. The van der Waals surface area contributed by atoms with Gasteiger partial charge in [0.05, 0.1) is 11.2 Å². The zero-order valence-corrected chi connectivity index (χ0v) is 12.0. The van der Waals surface area contributed by atoms with Gasteiger partial charge < -0.3 is 14.4 Å². The van der Waals surface area contributed by atoms with Crippen LogP contribution in [-0.2, 0) is 9.31 Å². The first-order valence-electron chi connectivity index (χ1n) is 6.30. The second-order valence-electron chi connectivity index (χ2n) is 6.11. The number of benzene rings is 1. The molecule has 1 aromatic carbocycles. The molecule has 0 saturated carbocycles. The lowest BCUT2D eigenvalue weighted by Crippen LogP contribution is -2.41. The van der Waals surface area contributed by atoms with Crippen molar-refractivity contribution in [3.05, 3.63) is 23.3 Å². The van der Waals surface area contributed by atoms with E-state index in [2.05, 4.69) is 0 Å². The van der Waals surface area contributed by atoms with Crippen LogP contribution in [0.15, 0.2) is 12.1 Å². The molecule has 1 aliphatic rings. The van der Waals surface area contributed by atoms with Gasteiger partial charge in [-0.3, -0.25) is 0 Å². The minimum Gasteiger partial charge on any atom is -0.508 e. The third kappa shape index (κ3) is 2.04. The van der Waals surface area contributed by atoms with Gasteiger partial charge in [-0.25, -0.2) is 0 Å². The molecule has 1 heterocycles. The number of rotatable bonds is 1. The van der Waals surface area contributed by atoms with Gasteiger partial charge in [0.25, 0.3) is 0 Å². The third-order valence-corrected chi connectivity index (χ3v) is 3.98. The molecule has 0 bridgehead atoms. The van der Waals surface area contributed by atoms with Gasteiger partial charge in [-0.15, -0.1) is 0 Å². The van der Waals surface area contributed by atoms with Crippen LogP contribution in [0.3, 0.4) is 0 Å². The predicted molar refractivity (Wildman–Crippen MR) is 73.3 cm³/mol. The van der Waals surface area contributed by atoms with Gasteiger partial charge in [-0.2, -0.15) is 0 Å². The summed E-state index contributed by atoms with van der Waals surface area (Å²) in [5.74, 6) is 0.263. The summed E-state index contributed by atoms with van der Waals surface area (Å²) >= 11 is 0. The third-order valence-electron chi connectivity index (χ3n) is 3.98. The Bertz CT molecular complexity index is 464. The highest BCUT2D eigenvalue weighted by Crippen LogP contribution is 2.37. The van der Waals surface area contributed by atoms with E-state index >= 15 is 0 Å². The second-order valence-corrected chi connectivity index (χ2v) is 6.11. The summed E-state index contributed by atoms with van der Waals surface area (Å²) < 4.78 is 11.9. The van der Waals surface area contributed by atoms with E-state index in [0.717, 1.165) is 11.1 Å². The monoisotopic (exact) mass is 248 g/mol. The average molecular weight is 248 g/mol. The van der Waals surface area contributed by atoms with E-state index in [1.807, 2.05) is 53.7 Å². The summed E-state index contributed by atoms with van der Waals surface area (Å²) in [6.07, 6.45) is 0. The summed E-state index contributed by atoms with van der Waals surface area (Å²) in [6, 6.07) is 3.87. The van der Waals surface area contributed by atoms with Crippen LogP contribution < -0.4 is 5.46 Å². The van der Waals surface area contributed by atoms with Gasteiger partial charge >= 0.3 is 7.12 Å². The predicted octanol–water partition coefficient (Wildman–Crippen LogP) is 2.31. The fourth-order valence-corrected chi connectivity index (χ4v) is 2.14. The molecule has 18 heavy (non-hydrogen) atoms. The van der Waals surface area contributed by atoms with Crippen LogP contribution in [-0.4, -0.2) is 23.4 Å². The minimum atomic E-state index is -0.506. The standard InChI is InChI=1S/C14H21BO3/c1-9-7-10(2)12(16)11(8-9)15-17-13(3,4)14(5,6)18-15/h7-8,16H,1-6H3. The number of aryl methyl sites for hydroxylation is 2. The average Bonchev–Trinajstić information content (AvgIpc) is 2.42. The van der Waals surface area contributed by atoms with Crippen molar-refractivity contribution in [2.45, 2.75) is 52.7 Å². The Morgan fingerprint density at radius 2 is 1.50 bits per heavy atom. The molecule has 0 radical (unpaired) electrons. The van der Waals surface area contributed by atoms with Crippen molar-refractivity contribution in [2.75, 3.05) is 0 Å². The van der Waals surface area contributed by atoms with Crippen molar-refractivity contribution in [2.24, 2.45) is 0 Å². The maximum absolute atomic E-state index is 10.2. The summed E-state index contributed by atoms with van der Waals surface area (Å²) in [6.45, 7) is 11.9. The van der Waals surface area contributed by atoms with Crippen molar-refractivity contribution in [1.82, 2.24) is 0 Å². The first-order chi connectivity index (χ1) is 8.14. The molecular weight excluding hydrogens is 227 g/mol. The fourth-order valence-electron chi connectivity index (χ4n) is 2.14. The molecule has 1 N–H and O–H groups in total. The maximum Gasteiger partial charge on any atom is 0.498 e. The molecule has 0 amide bonds. The van der Waals surface area contributed by atoms with Crippen molar-refractivity contribution in [3.8, 4) is 5.75 Å². The van der Waals surface area contributed by atoms with E-state index in [4.69, 9.17) is 9.31 Å². The molecule has 0 atom stereocenters. The van der Waals surface area contributed by atoms with Gasteiger partial charge in [0.15, 0.2) is 0 Å². The van der Waals surface area contributed by atoms with Gasteiger partial charge in [-0.05, 0) is 47.1 Å². The van der Waals surface area contributed by atoms with Crippen molar-refractivity contribution in [3.63, 3.8) is 0 Å². The van der Waals surface area contributed by atoms with Gasteiger partial charge in [-0.1, -0.05) is 17.7 Å². The minimum absolute atomic E-state index is 0.263. The number of hydrogen-bond acceptors (Lipinski definition) is 3. The SMILES string of the molecule is Cc1cc(C)c(O)c(B2OC(C)(C)C(C)(C)O2)c1.